The highest BCUT2D eigenvalue weighted by Crippen LogP contribution is 2.40. The van der Waals surface area contributed by atoms with Crippen LogP contribution in [0.4, 0.5) is 27.5 Å². The van der Waals surface area contributed by atoms with Gasteiger partial charge in [0.05, 0.1) is 21.7 Å². The number of fused-ring (bicyclic) bond motifs is 1. The van der Waals surface area contributed by atoms with Gasteiger partial charge >= 0.3 is 6.03 Å². The number of nitro groups is 1. The summed E-state index contributed by atoms with van der Waals surface area (Å²) >= 11 is 0. The number of benzene rings is 3. The fraction of sp³-hybridized carbons (Fsp3) is 0.343. The number of carbonyl (C=O) groups is 2. The molecule has 11 nitrogen and oxygen atoms in total. The number of carbonyl (C=O) groups excluding carboxylic acids is 2. The first-order valence-corrected chi connectivity index (χ1v) is 14.8. The van der Waals surface area contributed by atoms with Crippen molar-refractivity contribution < 1.29 is 24.0 Å². The smallest absolute Gasteiger partial charge is 0.323 e. The fourth-order valence-corrected chi connectivity index (χ4v) is 4.77. The van der Waals surface area contributed by atoms with Crippen molar-refractivity contribution in [3.05, 3.63) is 97.4 Å². The predicted octanol–water partition coefficient (Wildman–Crippen LogP) is 8.20. The van der Waals surface area contributed by atoms with E-state index in [2.05, 4.69) is 16.0 Å². The molecule has 0 radical (unpaired) electrons. The lowest BCUT2D eigenvalue weighted by Crippen LogP contribution is -2.23. The number of amides is 3. The van der Waals surface area contributed by atoms with Crippen molar-refractivity contribution in [2.75, 3.05) is 16.0 Å². The molecule has 0 saturated heterocycles. The normalized spacial score (nSPS) is 12.1. The number of rotatable bonds is 5. The van der Waals surface area contributed by atoms with E-state index in [0.717, 1.165) is 17.2 Å². The van der Waals surface area contributed by atoms with Gasteiger partial charge in [-0.1, -0.05) is 68.4 Å². The Balaban J connectivity index is 1.76. The summed E-state index contributed by atoms with van der Waals surface area (Å²) in [5.41, 5.74) is 1.17. The lowest BCUT2D eigenvalue weighted by atomic mass is 9.79. The van der Waals surface area contributed by atoms with Crippen molar-refractivity contribution in [1.29, 1.82) is 0 Å². The molecule has 0 fully saturated rings. The number of hydrogen-bond donors (Lipinski definition) is 4. The number of nitrogens with zero attached hydrogens (tertiary/aromatic N) is 1. The number of hydrogen-bond acceptors (Lipinski definition) is 7. The summed E-state index contributed by atoms with van der Waals surface area (Å²) in [4.78, 5) is 50.3. The molecule has 0 aliphatic rings. The van der Waals surface area contributed by atoms with Crippen LogP contribution in [0.1, 0.15) is 89.6 Å². The average molecular weight is 629 g/mol. The number of anilines is 3. The van der Waals surface area contributed by atoms with E-state index in [1.807, 2.05) is 68.4 Å². The fourth-order valence-electron chi connectivity index (χ4n) is 4.77. The van der Waals surface area contributed by atoms with Crippen molar-refractivity contribution in [2.45, 2.75) is 78.6 Å². The molecule has 11 heteroatoms. The maximum Gasteiger partial charge on any atom is 0.323 e. The van der Waals surface area contributed by atoms with E-state index in [1.165, 1.54) is 24.3 Å². The summed E-state index contributed by atoms with van der Waals surface area (Å²) < 4.78 is 5.93. The van der Waals surface area contributed by atoms with E-state index in [0.29, 0.717) is 5.56 Å². The van der Waals surface area contributed by atoms with Crippen molar-refractivity contribution >= 4 is 45.7 Å². The molecule has 0 saturated carbocycles. The first-order valence-electron chi connectivity index (χ1n) is 14.8. The minimum Gasteiger partial charge on any atom is -0.505 e. The average Bonchev–Trinajstić information content (AvgIpc) is 2.92. The molecule has 0 aliphatic carbocycles. The zero-order valence-electron chi connectivity index (χ0n) is 27.5. The minimum absolute atomic E-state index is 0.0208. The lowest BCUT2D eigenvalue weighted by molar-refractivity contribution is -0.384. The second kappa shape index (κ2) is 12.0. The molecule has 3 amide bonds. The van der Waals surface area contributed by atoms with Gasteiger partial charge in [0, 0.05) is 29.4 Å². The standard InChI is InChI=1S/C35H40N4O7/c1-33(2,3)19-14-23-27(40)18-28(31(42)36-21-10-12-22(13-11-21)39(44)45)46-30(23)26(17-19)38-32(43)37-25-16-20(34(4,5)6)15-24(29(25)41)35(7,8)9/h10-18,41H,1-9H3,(H,36,42)(H2,37,38,43). The van der Waals surface area contributed by atoms with Crippen molar-refractivity contribution in [1.82, 2.24) is 0 Å². The number of non-ortho nitro benzene ring substituents is 1. The topological polar surface area (TPSA) is 164 Å². The van der Waals surface area contributed by atoms with Gasteiger partial charge in [0.15, 0.2) is 16.8 Å². The lowest BCUT2D eigenvalue weighted by Gasteiger charge is -2.27. The molecule has 46 heavy (non-hydrogen) atoms. The third kappa shape index (κ3) is 7.36. The Morgan fingerprint density at radius 2 is 1.30 bits per heavy atom. The first-order chi connectivity index (χ1) is 21.1. The van der Waals surface area contributed by atoms with Gasteiger partial charge in [0.2, 0.25) is 0 Å². The van der Waals surface area contributed by atoms with E-state index >= 15 is 0 Å². The number of aromatic hydroxyl groups is 1. The molecule has 0 bridgehead atoms. The second-order valence-electron chi connectivity index (χ2n) is 14.4. The first kappa shape index (κ1) is 33.7. The van der Waals surface area contributed by atoms with Gasteiger partial charge in [-0.25, -0.2) is 4.79 Å². The molecular formula is C35H40N4O7. The Morgan fingerprint density at radius 3 is 1.85 bits per heavy atom. The number of nitrogens with one attached hydrogen (secondary N) is 3. The molecule has 3 aromatic carbocycles. The molecular weight excluding hydrogens is 588 g/mol. The van der Waals surface area contributed by atoms with Crippen LogP contribution in [0.5, 0.6) is 5.75 Å². The molecule has 0 atom stereocenters. The quantitative estimate of drug-likeness (QED) is 0.0983. The predicted molar refractivity (Wildman–Crippen MR) is 180 cm³/mol. The molecule has 0 unspecified atom stereocenters. The zero-order valence-corrected chi connectivity index (χ0v) is 27.5. The Morgan fingerprint density at radius 1 is 0.761 bits per heavy atom. The summed E-state index contributed by atoms with van der Waals surface area (Å²) in [6.07, 6.45) is 0. The molecule has 1 heterocycles. The van der Waals surface area contributed by atoms with Gasteiger partial charge in [-0.05, 0) is 57.7 Å². The number of urea groups is 1. The number of phenols is 1. The van der Waals surface area contributed by atoms with E-state index in [4.69, 9.17) is 4.42 Å². The van der Waals surface area contributed by atoms with Crippen LogP contribution >= 0.6 is 0 Å². The Labute approximate surface area is 267 Å². The SMILES string of the molecule is CC(C)(C)c1cc(NC(=O)Nc2cc(C(C)(C)C)cc3c(=O)cc(C(=O)Nc4ccc([N+](=O)[O-])cc4)oc23)c(O)c(C(C)(C)C)c1. The van der Waals surface area contributed by atoms with Crippen molar-refractivity contribution in [2.24, 2.45) is 0 Å². The highest BCUT2D eigenvalue weighted by atomic mass is 16.6. The number of phenolic OH excluding ortho intramolecular Hbond substituents is 1. The van der Waals surface area contributed by atoms with Gasteiger partial charge in [0.25, 0.3) is 11.6 Å². The van der Waals surface area contributed by atoms with Crippen LogP contribution in [-0.4, -0.2) is 22.0 Å². The van der Waals surface area contributed by atoms with Gasteiger partial charge in [-0.15, -0.1) is 0 Å². The van der Waals surface area contributed by atoms with Gasteiger partial charge in [-0.3, -0.25) is 19.7 Å². The number of nitro benzene ring substituents is 1. The van der Waals surface area contributed by atoms with Gasteiger partial charge < -0.3 is 25.5 Å². The largest absolute Gasteiger partial charge is 0.505 e. The maximum atomic E-state index is 13.5. The monoisotopic (exact) mass is 628 g/mol. The summed E-state index contributed by atoms with van der Waals surface area (Å²) in [5.74, 6) is -1.14. The summed E-state index contributed by atoms with van der Waals surface area (Å²) in [6, 6.07) is 12.6. The highest BCUT2D eigenvalue weighted by Gasteiger charge is 2.27. The molecule has 1 aromatic heterocycles. The van der Waals surface area contributed by atoms with Gasteiger partial charge in [0.1, 0.15) is 5.75 Å². The van der Waals surface area contributed by atoms with E-state index < -0.39 is 33.1 Å². The molecule has 4 N–H and O–H groups in total. The van der Waals surface area contributed by atoms with Crippen LogP contribution in [0.3, 0.4) is 0 Å². The maximum absolute atomic E-state index is 13.5. The molecule has 0 spiro atoms. The van der Waals surface area contributed by atoms with Crippen molar-refractivity contribution in [3.8, 4) is 5.75 Å². The van der Waals surface area contributed by atoms with Crippen LogP contribution in [0.15, 0.2) is 63.8 Å². The van der Waals surface area contributed by atoms with Crippen LogP contribution in [-0.2, 0) is 16.2 Å². The van der Waals surface area contributed by atoms with E-state index in [9.17, 15) is 29.6 Å². The Bertz CT molecular complexity index is 1910. The Hall–Kier alpha value is -5.19. The van der Waals surface area contributed by atoms with Crippen LogP contribution in [0.25, 0.3) is 11.0 Å². The third-order valence-electron chi connectivity index (χ3n) is 7.53. The van der Waals surface area contributed by atoms with E-state index in [-0.39, 0.29) is 50.6 Å². The van der Waals surface area contributed by atoms with Crippen LogP contribution < -0.4 is 21.4 Å². The van der Waals surface area contributed by atoms with E-state index in [1.54, 1.807) is 18.2 Å². The summed E-state index contributed by atoms with van der Waals surface area (Å²) in [7, 11) is 0. The minimum atomic E-state index is -0.762. The highest BCUT2D eigenvalue weighted by molar-refractivity contribution is 6.07. The summed E-state index contributed by atoms with van der Waals surface area (Å²) in [5, 5.41) is 30.4. The van der Waals surface area contributed by atoms with Crippen LogP contribution in [0, 0.1) is 10.1 Å². The Kier molecular flexibility index (Phi) is 8.76. The van der Waals surface area contributed by atoms with Crippen LogP contribution in [0.2, 0.25) is 0 Å². The van der Waals surface area contributed by atoms with Gasteiger partial charge in [-0.2, -0.15) is 0 Å². The zero-order chi connectivity index (χ0) is 34.4. The molecule has 0 aliphatic heterocycles. The van der Waals surface area contributed by atoms with Crippen molar-refractivity contribution in [3.63, 3.8) is 0 Å². The third-order valence-corrected chi connectivity index (χ3v) is 7.53. The molecule has 4 aromatic rings. The summed E-state index contributed by atoms with van der Waals surface area (Å²) in [6.45, 7) is 17.9. The molecule has 242 valence electrons. The second-order valence-corrected chi connectivity index (χ2v) is 14.4. The molecule has 4 rings (SSSR count).